The highest BCUT2D eigenvalue weighted by Gasteiger charge is 2.38. The fourth-order valence-corrected chi connectivity index (χ4v) is 5.13. The number of aryl methyl sites for hydroxylation is 3. The van der Waals surface area contributed by atoms with Gasteiger partial charge in [0.25, 0.3) is 0 Å². The third kappa shape index (κ3) is 4.08. The van der Waals surface area contributed by atoms with Gasteiger partial charge in [0.2, 0.25) is 5.91 Å². The average molecular weight is 324 g/mol. The van der Waals surface area contributed by atoms with Crippen LogP contribution in [-0.2, 0) is 14.6 Å². The molecule has 1 fully saturated rings. The SMILES string of the molecule is Cc1cc(C)c(NC(=O)CNC2(C)CCS(=O)(=O)C2)c(C)c1. The van der Waals surface area contributed by atoms with Crippen molar-refractivity contribution in [1.82, 2.24) is 5.32 Å². The largest absolute Gasteiger partial charge is 0.324 e. The van der Waals surface area contributed by atoms with Gasteiger partial charge in [0.1, 0.15) is 0 Å². The molecule has 22 heavy (non-hydrogen) atoms. The van der Waals surface area contributed by atoms with E-state index in [1.165, 1.54) is 0 Å². The smallest absolute Gasteiger partial charge is 0.238 e. The van der Waals surface area contributed by atoms with Crippen LogP contribution in [0.25, 0.3) is 0 Å². The summed E-state index contributed by atoms with van der Waals surface area (Å²) in [5, 5.41) is 6.01. The Kier molecular flexibility index (Phi) is 4.63. The maximum Gasteiger partial charge on any atom is 0.238 e. The van der Waals surface area contributed by atoms with Crippen LogP contribution in [0.1, 0.15) is 30.0 Å². The summed E-state index contributed by atoms with van der Waals surface area (Å²) in [6, 6.07) is 4.06. The van der Waals surface area contributed by atoms with Gasteiger partial charge in [0.15, 0.2) is 9.84 Å². The molecule has 0 radical (unpaired) electrons. The summed E-state index contributed by atoms with van der Waals surface area (Å²) in [6.45, 7) is 7.92. The number of carbonyl (C=O) groups excluding carboxylic acids is 1. The summed E-state index contributed by atoms with van der Waals surface area (Å²) in [7, 11) is -2.97. The lowest BCUT2D eigenvalue weighted by molar-refractivity contribution is -0.115. The molecule has 0 spiro atoms. The molecule has 1 heterocycles. The van der Waals surface area contributed by atoms with Gasteiger partial charge in [-0.25, -0.2) is 8.42 Å². The van der Waals surface area contributed by atoms with Crippen molar-refractivity contribution in [2.45, 2.75) is 39.7 Å². The Labute approximate surface area is 132 Å². The first kappa shape index (κ1) is 17.0. The number of sulfone groups is 1. The van der Waals surface area contributed by atoms with Gasteiger partial charge >= 0.3 is 0 Å². The molecule has 1 aliphatic heterocycles. The summed E-state index contributed by atoms with van der Waals surface area (Å²) >= 11 is 0. The van der Waals surface area contributed by atoms with Crippen molar-refractivity contribution in [1.29, 1.82) is 0 Å². The van der Waals surface area contributed by atoms with E-state index in [0.717, 1.165) is 22.4 Å². The second-order valence-electron chi connectivity index (χ2n) is 6.58. The summed E-state index contributed by atoms with van der Waals surface area (Å²) < 4.78 is 23.1. The number of carbonyl (C=O) groups is 1. The third-order valence-corrected chi connectivity index (χ3v) is 6.02. The van der Waals surface area contributed by atoms with Gasteiger partial charge in [-0.15, -0.1) is 0 Å². The number of nitrogens with one attached hydrogen (secondary N) is 2. The summed E-state index contributed by atoms with van der Waals surface area (Å²) in [4.78, 5) is 12.1. The van der Waals surface area contributed by atoms with Gasteiger partial charge in [0.05, 0.1) is 18.1 Å². The van der Waals surface area contributed by atoms with Crippen LogP contribution in [0.4, 0.5) is 5.69 Å². The van der Waals surface area contributed by atoms with Crippen molar-refractivity contribution < 1.29 is 13.2 Å². The molecule has 0 bridgehead atoms. The van der Waals surface area contributed by atoms with E-state index in [2.05, 4.69) is 10.6 Å². The van der Waals surface area contributed by atoms with Gasteiger partial charge in [-0.1, -0.05) is 17.7 Å². The van der Waals surface area contributed by atoms with E-state index in [-0.39, 0.29) is 24.0 Å². The predicted octanol–water partition coefficient (Wildman–Crippen LogP) is 1.72. The molecule has 1 saturated heterocycles. The first-order valence-corrected chi connectivity index (χ1v) is 9.26. The molecule has 5 nitrogen and oxygen atoms in total. The molecule has 6 heteroatoms. The lowest BCUT2D eigenvalue weighted by Crippen LogP contribution is -2.46. The van der Waals surface area contributed by atoms with Crippen LogP contribution in [0, 0.1) is 20.8 Å². The number of amides is 1. The van der Waals surface area contributed by atoms with Crippen molar-refractivity contribution >= 4 is 21.4 Å². The number of hydrogen-bond acceptors (Lipinski definition) is 4. The predicted molar refractivity (Wildman–Crippen MR) is 89.0 cm³/mol. The minimum atomic E-state index is -2.97. The van der Waals surface area contributed by atoms with Crippen LogP contribution < -0.4 is 10.6 Å². The third-order valence-electron chi connectivity index (χ3n) is 4.12. The Balaban J connectivity index is 1.97. The average Bonchev–Trinajstić information content (AvgIpc) is 2.66. The molecule has 122 valence electrons. The van der Waals surface area contributed by atoms with Crippen LogP contribution >= 0.6 is 0 Å². The van der Waals surface area contributed by atoms with E-state index in [9.17, 15) is 13.2 Å². The number of anilines is 1. The number of benzene rings is 1. The second-order valence-corrected chi connectivity index (χ2v) is 8.76. The quantitative estimate of drug-likeness (QED) is 0.884. The van der Waals surface area contributed by atoms with E-state index in [1.807, 2.05) is 39.8 Å². The minimum Gasteiger partial charge on any atom is -0.324 e. The zero-order chi connectivity index (χ0) is 16.5. The first-order chi connectivity index (χ1) is 10.1. The normalized spacial score (nSPS) is 23.5. The van der Waals surface area contributed by atoms with Crippen LogP contribution in [-0.4, -0.2) is 37.9 Å². The summed E-state index contributed by atoms with van der Waals surface area (Å²) in [5.74, 6) is 0.130. The van der Waals surface area contributed by atoms with Gasteiger partial charge < -0.3 is 10.6 Å². The van der Waals surface area contributed by atoms with Crippen molar-refractivity contribution in [3.05, 3.63) is 28.8 Å². The number of hydrogen-bond donors (Lipinski definition) is 2. The number of rotatable bonds is 4. The van der Waals surface area contributed by atoms with Gasteiger partial charge in [-0.05, 0) is 45.2 Å². The molecule has 0 saturated carbocycles. The molecule has 2 N–H and O–H groups in total. The van der Waals surface area contributed by atoms with Crippen molar-refractivity contribution in [3.63, 3.8) is 0 Å². The van der Waals surface area contributed by atoms with E-state index < -0.39 is 15.4 Å². The standard InChI is InChI=1S/C16H24N2O3S/c1-11-7-12(2)15(13(3)8-11)18-14(19)9-17-16(4)5-6-22(20,21)10-16/h7-8,17H,5-6,9-10H2,1-4H3,(H,18,19). The molecule has 1 unspecified atom stereocenters. The van der Waals surface area contributed by atoms with Crippen molar-refractivity contribution in [2.75, 3.05) is 23.4 Å². The molecule has 1 aromatic carbocycles. The molecular formula is C16H24N2O3S. The summed E-state index contributed by atoms with van der Waals surface area (Å²) in [5.41, 5.74) is 3.55. The Morgan fingerprint density at radius 2 is 1.82 bits per heavy atom. The molecule has 1 atom stereocenters. The topological polar surface area (TPSA) is 75.3 Å². The minimum absolute atomic E-state index is 0.0931. The van der Waals surface area contributed by atoms with Gasteiger partial charge in [0, 0.05) is 11.2 Å². The summed E-state index contributed by atoms with van der Waals surface area (Å²) in [6.07, 6.45) is 0.547. The van der Waals surface area contributed by atoms with Crippen LogP contribution in [0.5, 0.6) is 0 Å². The Bertz CT molecular complexity index is 674. The van der Waals surface area contributed by atoms with Crippen LogP contribution in [0.15, 0.2) is 12.1 Å². The first-order valence-electron chi connectivity index (χ1n) is 7.43. The Hall–Kier alpha value is -1.40. The van der Waals surface area contributed by atoms with Crippen molar-refractivity contribution in [3.8, 4) is 0 Å². The van der Waals surface area contributed by atoms with E-state index in [4.69, 9.17) is 0 Å². The highest BCUT2D eigenvalue weighted by atomic mass is 32.2. The Morgan fingerprint density at radius 3 is 2.32 bits per heavy atom. The van der Waals surface area contributed by atoms with Crippen LogP contribution in [0.2, 0.25) is 0 Å². The van der Waals surface area contributed by atoms with E-state index >= 15 is 0 Å². The highest BCUT2D eigenvalue weighted by molar-refractivity contribution is 7.91. The fourth-order valence-electron chi connectivity index (χ4n) is 3.00. The maximum atomic E-state index is 12.1. The molecule has 0 aromatic heterocycles. The molecule has 1 aliphatic rings. The maximum absolute atomic E-state index is 12.1. The molecule has 1 aromatic rings. The Morgan fingerprint density at radius 1 is 1.23 bits per heavy atom. The molecule has 1 amide bonds. The molecule has 0 aliphatic carbocycles. The molecule has 2 rings (SSSR count). The van der Waals surface area contributed by atoms with E-state index in [0.29, 0.717) is 6.42 Å². The van der Waals surface area contributed by atoms with Gasteiger partial charge in [-0.3, -0.25) is 4.79 Å². The van der Waals surface area contributed by atoms with Gasteiger partial charge in [-0.2, -0.15) is 0 Å². The zero-order valence-corrected chi connectivity index (χ0v) is 14.4. The zero-order valence-electron chi connectivity index (χ0n) is 13.6. The molecular weight excluding hydrogens is 300 g/mol. The van der Waals surface area contributed by atoms with Crippen molar-refractivity contribution in [2.24, 2.45) is 0 Å². The fraction of sp³-hybridized carbons (Fsp3) is 0.562. The lowest BCUT2D eigenvalue weighted by atomic mass is 10.0. The second kappa shape index (κ2) is 6.01. The monoisotopic (exact) mass is 324 g/mol. The lowest BCUT2D eigenvalue weighted by Gasteiger charge is -2.23. The van der Waals surface area contributed by atoms with E-state index in [1.54, 1.807) is 0 Å². The highest BCUT2D eigenvalue weighted by Crippen LogP contribution is 2.23. The van der Waals surface area contributed by atoms with Crippen LogP contribution in [0.3, 0.4) is 0 Å².